The molecule has 0 spiro atoms. The minimum absolute atomic E-state index is 0.0803. The van der Waals surface area contributed by atoms with Crippen LogP contribution in [0.3, 0.4) is 0 Å². The largest absolute Gasteiger partial charge is 0.341 e. The van der Waals surface area contributed by atoms with Gasteiger partial charge in [0.05, 0.1) is 0 Å². The highest BCUT2D eigenvalue weighted by molar-refractivity contribution is 6.30. The van der Waals surface area contributed by atoms with Gasteiger partial charge in [0.25, 0.3) is 0 Å². The average Bonchev–Trinajstić information content (AvgIpc) is 2.29. The van der Waals surface area contributed by atoms with Crippen LogP contribution in [-0.2, 0) is 11.3 Å². The first-order chi connectivity index (χ1) is 9.17. The monoisotopic (exact) mass is 296 g/mol. The zero-order valence-electron chi connectivity index (χ0n) is 12.8. The molecule has 20 heavy (non-hydrogen) atoms. The third-order valence-corrected chi connectivity index (χ3v) is 3.32. The quantitative estimate of drug-likeness (QED) is 0.904. The Hall–Kier alpha value is -1.06. The first-order valence-corrected chi connectivity index (χ1v) is 7.29. The molecule has 4 heteroatoms. The van der Waals surface area contributed by atoms with E-state index in [-0.39, 0.29) is 17.4 Å². The number of carbonyl (C=O) groups is 1. The van der Waals surface area contributed by atoms with Crippen molar-refractivity contribution in [2.24, 2.45) is 11.1 Å². The van der Waals surface area contributed by atoms with Crippen molar-refractivity contribution in [3.63, 3.8) is 0 Å². The molecule has 0 saturated carbocycles. The number of amides is 1. The Kier molecular flexibility index (Phi) is 6.03. The lowest BCUT2D eigenvalue weighted by atomic mass is 9.87. The minimum Gasteiger partial charge on any atom is -0.341 e. The Morgan fingerprint density at radius 2 is 1.85 bits per heavy atom. The van der Waals surface area contributed by atoms with Crippen molar-refractivity contribution in [3.05, 3.63) is 34.9 Å². The van der Waals surface area contributed by atoms with Gasteiger partial charge in [-0.15, -0.1) is 0 Å². The number of nitrogens with two attached hydrogens (primary N) is 1. The third-order valence-electron chi connectivity index (χ3n) is 3.07. The standard InChI is InChI=1S/C16H25ClN2O/c1-16(2,3)10-14(18)9-15(20)19(4)11-12-5-7-13(17)8-6-12/h5-8,14H,9-11,18H2,1-4H3. The van der Waals surface area contributed by atoms with Crippen LogP contribution in [-0.4, -0.2) is 23.9 Å². The van der Waals surface area contributed by atoms with Crippen molar-refractivity contribution in [2.75, 3.05) is 7.05 Å². The number of halogens is 1. The van der Waals surface area contributed by atoms with Gasteiger partial charge in [-0.2, -0.15) is 0 Å². The van der Waals surface area contributed by atoms with Crippen molar-refractivity contribution < 1.29 is 4.79 Å². The van der Waals surface area contributed by atoms with Gasteiger partial charge in [0.2, 0.25) is 5.91 Å². The topological polar surface area (TPSA) is 46.3 Å². The maximum Gasteiger partial charge on any atom is 0.224 e. The summed E-state index contributed by atoms with van der Waals surface area (Å²) >= 11 is 5.84. The van der Waals surface area contributed by atoms with Crippen LogP contribution in [0.15, 0.2) is 24.3 Å². The fraction of sp³-hybridized carbons (Fsp3) is 0.562. The van der Waals surface area contributed by atoms with Crippen molar-refractivity contribution >= 4 is 17.5 Å². The number of hydrogen-bond acceptors (Lipinski definition) is 2. The molecular weight excluding hydrogens is 272 g/mol. The van der Waals surface area contributed by atoms with Gasteiger partial charge in [-0.25, -0.2) is 0 Å². The maximum absolute atomic E-state index is 12.1. The van der Waals surface area contributed by atoms with Crippen LogP contribution in [0.25, 0.3) is 0 Å². The van der Waals surface area contributed by atoms with E-state index in [0.29, 0.717) is 18.0 Å². The molecule has 1 aromatic carbocycles. The molecule has 0 fully saturated rings. The van der Waals surface area contributed by atoms with Gasteiger partial charge in [-0.1, -0.05) is 44.5 Å². The van der Waals surface area contributed by atoms with E-state index in [1.807, 2.05) is 24.3 Å². The molecule has 0 aromatic heterocycles. The van der Waals surface area contributed by atoms with Gasteiger partial charge < -0.3 is 10.6 Å². The van der Waals surface area contributed by atoms with E-state index >= 15 is 0 Å². The van der Waals surface area contributed by atoms with Crippen LogP contribution >= 0.6 is 11.6 Å². The fourth-order valence-electron chi connectivity index (χ4n) is 2.19. The van der Waals surface area contributed by atoms with Crippen LogP contribution < -0.4 is 5.73 Å². The molecule has 0 radical (unpaired) electrons. The number of nitrogens with zero attached hydrogens (tertiary/aromatic N) is 1. The normalized spacial score (nSPS) is 13.1. The summed E-state index contributed by atoms with van der Waals surface area (Å²) in [5, 5.41) is 0.704. The first kappa shape index (κ1) is 17.0. The molecule has 1 rings (SSSR count). The Bertz CT molecular complexity index is 437. The molecule has 112 valence electrons. The number of rotatable bonds is 5. The molecule has 0 saturated heterocycles. The van der Waals surface area contributed by atoms with Crippen molar-refractivity contribution in [2.45, 2.75) is 46.2 Å². The van der Waals surface area contributed by atoms with Gasteiger partial charge in [-0.05, 0) is 29.5 Å². The molecular formula is C16H25ClN2O. The third kappa shape index (κ3) is 6.40. The van der Waals surface area contributed by atoms with Crippen molar-refractivity contribution in [3.8, 4) is 0 Å². The summed E-state index contributed by atoms with van der Waals surface area (Å²) in [6.07, 6.45) is 1.23. The molecule has 0 bridgehead atoms. The molecule has 0 aliphatic rings. The highest BCUT2D eigenvalue weighted by atomic mass is 35.5. The van der Waals surface area contributed by atoms with E-state index < -0.39 is 0 Å². The Morgan fingerprint density at radius 3 is 2.35 bits per heavy atom. The molecule has 1 atom stereocenters. The van der Waals surface area contributed by atoms with Crippen LogP contribution in [0.5, 0.6) is 0 Å². The molecule has 0 heterocycles. The number of hydrogen-bond donors (Lipinski definition) is 1. The lowest BCUT2D eigenvalue weighted by Gasteiger charge is -2.25. The Morgan fingerprint density at radius 1 is 1.30 bits per heavy atom. The smallest absolute Gasteiger partial charge is 0.224 e. The molecule has 1 unspecified atom stereocenters. The van der Waals surface area contributed by atoms with Gasteiger partial charge in [0.1, 0.15) is 0 Å². The average molecular weight is 297 g/mol. The summed E-state index contributed by atoms with van der Waals surface area (Å²) < 4.78 is 0. The summed E-state index contributed by atoms with van der Waals surface area (Å²) in [5.74, 6) is 0.0803. The molecule has 0 aliphatic heterocycles. The van der Waals surface area contributed by atoms with Crippen molar-refractivity contribution in [1.29, 1.82) is 0 Å². The van der Waals surface area contributed by atoms with E-state index in [4.69, 9.17) is 17.3 Å². The summed E-state index contributed by atoms with van der Waals surface area (Å²) in [6.45, 7) is 6.98. The zero-order valence-corrected chi connectivity index (χ0v) is 13.6. The predicted molar refractivity (Wildman–Crippen MR) is 84.6 cm³/mol. The minimum atomic E-state index is -0.0878. The second kappa shape index (κ2) is 7.09. The molecule has 1 aromatic rings. The first-order valence-electron chi connectivity index (χ1n) is 6.91. The van der Waals surface area contributed by atoms with Gasteiger partial charge in [0, 0.05) is 31.1 Å². The fourth-order valence-corrected chi connectivity index (χ4v) is 2.32. The highest BCUT2D eigenvalue weighted by Gasteiger charge is 2.19. The molecule has 3 nitrogen and oxygen atoms in total. The SMILES string of the molecule is CN(Cc1ccc(Cl)cc1)C(=O)CC(N)CC(C)(C)C. The number of carbonyl (C=O) groups excluding carboxylic acids is 1. The lowest BCUT2D eigenvalue weighted by Crippen LogP contribution is -2.35. The maximum atomic E-state index is 12.1. The molecule has 0 aliphatic carbocycles. The van der Waals surface area contributed by atoms with E-state index in [0.717, 1.165) is 12.0 Å². The lowest BCUT2D eigenvalue weighted by molar-refractivity contribution is -0.130. The van der Waals surface area contributed by atoms with Crippen molar-refractivity contribution in [1.82, 2.24) is 4.90 Å². The van der Waals surface area contributed by atoms with Crippen LogP contribution in [0.4, 0.5) is 0 Å². The summed E-state index contributed by atoms with van der Waals surface area (Å²) in [6, 6.07) is 7.44. The van der Waals surface area contributed by atoms with Crippen LogP contribution in [0, 0.1) is 5.41 Å². The van der Waals surface area contributed by atoms with Gasteiger partial charge in [-0.3, -0.25) is 4.79 Å². The summed E-state index contributed by atoms with van der Waals surface area (Å²) in [7, 11) is 1.81. The zero-order chi connectivity index (χ0) is 15.3. The summed E-state index contributed by atoms with van der Waals surface area (Å²) in [4.78, 5) is 13.8. The molecule has 2 N–H and O–H groups in total. The second-order valence-electron chi connectivity index (χ2n) is 6.61. The van der Waals surface area contributed by atoms with Crippen LogP contribution in [0.1, 0.15) is 39.2 Å². The van der Waals surface area contributed by atoms with E-state index in [9.17, 15) is 4.79 Å². The van der Waals surface area contributed by atoms with Gasteiger partial charge >= 0.3 is 0 Å². The highest BCUT2D eigenvalue weighted by Crippen LogP contribution is 2.21. The Balaban J connectivity index is 2.48. The number of benzene rings is 1. The van der Waals surface area contributed by atoms with E-state index in [2.05, 4.69) is 20.8 Å². The predicted octanol–water partition coefficient (Wildman–Crippen LogP) is 3.45. The second-order valence-corrected chi connectivity index (χ2v) is 7.04. The summed E-state index contributed by atoms with van der Waals surface area (Å²) in [5.41, 5.74) is 7.26. The Labute approximate surface area is 127 Å². The van der Waals surface area contributed by atoms with E-state index in [1.54, 1.807) is 11.9 Å². The molecule has 1 amide bonds. The van der Waals surface area contributed by atoms with Gasteiger partial charge in [0.15, 0.2) is 0 Å². The van der Waals surface area contributed by atoms with E-state index in [1.165, 1.54) is 0 Å². The van der Waals surface area contributed by atoms with Crippen LogP contribution in [0.2, 0.25) is 5.02 Å².